The first kappa shape index (κ1) is 14.8. The van der Waals surface area contributed by atoms with Crippen molar-refractivity contribution in [1.29, 1.82) is 5.26 Å². The van der Waals surface area contributed by atoms with Gasteiger partial charge in [-0.15, -0.1) is 0 Å². The highest BCUT2D eigenvalue weighted by Crippen LogP contribution is 2.58. The molecule has 2 aliphatic carbocycles. The first-order valence-electron chi connectivity index (χ1n) is 6.72. The summed E-state index contributed by atoms with van der Waals surface area (Å²) >= 11 is 9.14. The molecule has 0 spiro atoms. The third kappa shape index (κ3) is 2.00. The van der Waals surface area contributed by atoms with Gasteiger partial charge < -0.3 is 5.11 Å². The van der Waals surface area contributed by atoms with Crippen molar-refractivity contribution in [3.05, 3.63) is 28.5 Å². The molecule has 2 saturated carbocycles. The molecule has 110 valence electrons. The fourth-order valence-corrected chi connectivity index (χ4v) is 4.84. The molecule has 0 aromatic heterocycles. The average Bonchev–Trinajstić information content (AvgIpc) is 2.98. The van der Waals surface area contributed by atoms with Crippen molar-refractivity contribution in [3.8, 4) is 11.8 Å². The highest BCUT2D eigenvalue weighted by molar-refractivity contribution is 9.10. The molecule has 0 saturated heterocycles. The Kier molecular flexibility index (Phi) is 3.50. The van der Waals surface area contributed by atoms with E-state index < -0.39 is 16.1 Å². The smallest absolute Gasteiger partial charge is 0.177 e. The number of fused-ring (bicyclic) bond motifs is 1. The van der Waals surface area contributed by atoms with Crippen LogP contribution in [0.5, 0.6) is 5.75 Å². The van der Waals surface area contributed by atoms with Crippen molar-refractivity contribution >= 4 is 33.3 Å². The Morgan fingerprint density at radius 1 is 1.48 bits per heavy atom. The third-order valence-electron chi connectivity index (χ3n) is 4.69. The number of hydrogen-bond donors (Lipinski definition) is 1. The van der Waals surface area contributed by atoms with Crippen LogP contribution in [0.25, 0.3) is 0 Å². The molecule has 1 aromatic rings. The van der Waals surface area contributed by atoms with Gasteiger partial charge in [-0.2, -0.15) is 5.26 Å². The SMILES string of the molecule is N#CC1(Br)C(=O)C2CCCC2C1c1cc(Cl)c(O)cc1F. The zero-order valence-electron chi connectivity index (χ0n) is 10.9. The Hall–Kier alpha value is -1.12. The Morgan fingerprint density at radius 3 is 2.86 bits per heavy atom. The molecular weight excluding hydrogens is 361 g/mol. The van der Waals surface area contributed by atoms with Crippen LogP contribution in [0.1, 0.15) is 30.7 Å². The van der Waals surface area contributed by atoms with E-state index in [0.717, 1.165) is 25.3 Å². The fourth-order valence-electron chi connectivity index (χ4n) is 3.79. The van der Waals surface area contributed by atoms with Crippen LogP contribution >= 0.6 is 27.5 Å². The van der Waals surface area contributed by atoms with E-state index in [2.05, 4.69) is 15.9 Å². The lowest BCUT2D eigenvalue weighted by molar-refractivity contribution is -0.121. The van der Waals surface area contributed by atoms with Gasteiger partial charge in [0, 0.05) is 17.9 Å². The molecule has 4 atom stereocenters. The molecule has 0 radical (unpaired) electrons. The van der Waals surface area contributed by atoms with Gasteiger partial charge in [0.15, 0.2) is 10.1 Å². The topological polar surface area (TPSA) is 61.1 Å². The molecule has 0 aliphatic heterocycles. The van der Waals surface area contributed by atoms with Crippen molar-refractivity contribution in [2.45, 2.75) is 29.5 Å². The maximum Gasteiger partial charge on any atom is 0.177 e. The molecule has 1 N–H and O–H groups in total. The molecule has 6 heteroatoms. The van der Waals surface area contributed by atoms with Crippen molar-refractivity contribution < 1.29 is 14.3 Å². The van der Waals surface area contributed by atoms with Gasteiger partial charge in [-0.05, 0) is 30.4 Å². The zero-order chi connectivity index (χ0) is 15.4. The minimum absolute atomic E-state index is 0.0214. The molecule has 21 heavy (non-hydrogen) atoms. The molecule has 0 bridgehead atoms. The summed E-state index contributed by atoms with van der Waals surface area (Å²) in [4.78, 5) is 12.5. The number of aromatic hydroxyl groups is 1. The van der Waals surface area contributed by atoms with Gasteiger partial charge in [-0.3, -0.25) is 4.79 Å². The minimum atomic E-state index is -1.41. The van der Waals surface area contributed by atoms with E-state index in [9.17, 15) is 19.6 Å². The summed E-state index contributed by atoms with van der Waals surface area (Å²) in [5.74, 6) is -2.00. The van der Waals surface area contributed by atoms with Gasteiger partial charge in [-0.25, -0.2) is 4.39 Å². The summed E-state index contributed by atoms with van der Waals surface area (Å²) in [5, 5.41) is 19.0. The van der Waals surface area contributed by atoms with Crippen LogP contribution < -0.4 is 0 Å². The molecule has 0 heterocycles. The Morgan fingerprint density at radius 2 is 2.19 bits per heavy atom. The van der Waals surface area contributed by atoms with E-state index in [1.54, 1.807) is 0 Å². The zero-order valence-corrected chi connectivity index (χ0v) is 13.3. The van der Waals surface area contributed by atoms with Crippen LogP contribution in [0.2, 0.25) is 5.02 Å². The Bertz CT molecular complexity index is 674. The lowest BCUT2D eigenvalue weighted by Gasteiger charge is -2.26. The third-order valence-corrected chi connectivity index (χ3v) is 6.05. The number of phenols is 1. The second-order valence-corrected chi connectivity index (χ2v) is 7.35. The summed E-state index contributed by atoms with van der Waals surface area (Å²) in [6, 6.07) is 4.29. The average molecular weight is 373 g/mol. The maximum atomic E-state index is 14.3. The van der Waals surface area contributed by atoms with Crippen LogP contribution in [-0.2, 0) is 4.79 Å². The molecule has 1 aromatic carbocycles. The van der Waals surface area contributed by atoms with E-state index in [0.29, 0.717) is 0 Å². The molecule has 3 nitrogen and oxygen atoms in total. The molecule has 2 aliphatic rings. The van der Waals surface area contributed by atoms with Crippen molar-refractivity contribution in [2.24, 2.45) is 11.8 Å². The predicted molar refractivity (Wildman–Crippen MR) is 78.9 cm³/mol. The number of carbonyl (C=O) groups excluding carboxylic acids is 1. The number of rotatable bonds is 1. The first-order chi connectivity index (χ1) is 9.90. The van der Waals surface area contributed by atoms with Crippen LogP contribution in [0.4, 0.5) is 4.39 Å². The Labute approximate surface area is 134 Å². The van der Waals surface area contributed by atoms with Gasteiger partial charge in [-0.1, -0.05) is 34.0 Å². The summed E-state index contributed by atoms with van der Waals surface area (Å²) in [6.07, 6.45) is 2.43. The minimum Gasteiger partial charge on any atom is -0.506 e. The van der Waals surface area contributed by atoms with E-state index in [4.69, 9.17) is 11.6 Å². The molecule has 0 amide bonds. The van der Waals surface area contributed by atoms with Gasteiger partial charge >= 0.3 is 0 Å². The Balaban J connectivity index is 2.18. The lowest BCUT2D eigenvalue weighted by Crippen LogP contribution is -2.33. The van der Waals surface area contributed by atoms with Crippen molar-refractivity contribution in [1.82, 2.24) is 0 Å². The molecule has 4 unspecified atom stereocenters. The number of Topliss-reactive ketones (excluding diaryl/α,β-unsaturated/α-hetero) is 1. The summed E-state index contributed by atoms with van der Waals surface area (Å²) < 4.78 is 12.9. The number of hydrogen-bond acceptors (Lipinski definition) is 3. The van der Waals surface area contributed by atoms with E-state index in [1.807, 2.05) is 6.07 Å². The van der Waals surface area contributed by atoms with Crippen LogP contribution in [-0.4, -0.2) is 15.2 Å². The number of alkyl halides is 1. The number of benzene rings is 1. The number of nitrogens with zero attached hydrogens (tertiary/aromatic N) is 1. The van der Waals surface area contributed by atoms with E-state index in [1.165, 1.54) is 6.07 Å². The second-order valence-electron chi connectivity index (χ2n) is 5.69. The highest BCUT2D eigenvalue weighted by atomic mass is 79.9. The monoisotopic (exact) mass is 371 g/mol. The normalized spacial score (nSPS) is 34.8. The number of carbonyl (C=O) groups is 1. The number of ketones is 1. The molecular formula is C15H12BrClFNO2. The predicted octanol–water partition coefficient (Wildman–Crippen LogP) is 3.92. The number of halogens is 3. The summed E-state index contributed by atoms with van der Waals surface area (Å²) in [7, 11) is 0. The van der Waals surface area contributed by atoms with E-state index in [-0.39, 0.29) is 34.0 Å². The molecule has 3 rings (SSSR count). The van der Waals surface area contributed by atoms with Crippen molar-refractivity contribution in [2.75, 3.05) is 0 Å². The number of nitriles is 1. The van der Waals surface area contributed by atoms with Gasteiger partial charge in [0.05, 0.1) is 11.1 Å². The summed E-state index contributed by atoms with van der Waals surface area (Å²) in [6.45, 7) is 0. The largest absolute Gasteiger partial charge is 0.506 e. The van der Waals surface area contributed by atoms with E-state index >= 15 is 0 Å². The number of phenolic OH excluding ortho intramolecular Hbond substituents is 1. The standard InChI is InChI=1S/C15H12BrClFNO2/c16-15(6-19)13(7-2-1-3-8(7)14(15)21)9-4-10(17)12(20)5-11(9)18/h4-5,7-8,13,20H,1-3H2. The van der Waals surface area contributed by atoms with Gasteiger partial charge in [0.1, 0.15) is 11.6 Å². The fraction of sp³-hybridized carbons (Fsp3) is 0.467. The molecule has 2 fully saturated rings. The second kappa shape index (κ2) is 4.96. The lowest BCUT2D eigenvalue weighted by atomic mass is 9.82. The maximum absolute atomic E-state index is 14.3. The van der Waals surface area contributed by atoms with Crippen LogP contribution in [0.15, 0.2) is 12.1 Å². The van der Waals surface area contributed by atoms with Crippen LogP contribution in [0, 0.1) is 29.0 Å². The quantitative estimate of drug-likeness (QED) is 0.760. The van der Waals surface area contributed by atoms with Crippen LogP contribution in [0.3, 0.4) is 0 Å². The van der Waals surface area contributed by atoms with Crippen molar-refractivity contribution in [3.63, 3.8) is 0 Å². The van der Waals surface area contributed by atoms with Gasteiger partial charge in [0.25, 0.3) is 0 Å². The summed E-state index contributed by atoms with van der Waals surface area (Å²) in [5.41, 5.74) is 0.221. The first-order valence-corrected chi connectivity index (χ1v) is 7.89. The highest BCUT2D eigenvalue weighted by Gasteiger charge is 2.61. The van der Waals surface area contributed by atoms with Gasteiger partial charge in [0.2, 0.25) is 0 Å².